The van der Waals surface area contributed by atoms with Crippen LogP contribution in [-0.2, 0) is 6.18 Å². The number of alkyl halides is 3. The number of rotatable bonds is 4. The standard InChI is InChI=1S/C18H13F3N6OS/c1-9-15(26-27-29-9)10-3-4-11-13(5-6-22-14(11)7-10)24-17-23-8-12(18(19,20)21)16(25-17)28-2/h3-8H,1-2H3,(H,22,23,24,25). The lowest BCUT2D eigenvalue weighted by Gasteiger charge is -2.13. The highest BCUT2D eigenvalue weighted by molar-refractivity contribution is 7.05. The van der Waals surface area contributed by atoms with E-state index in [0.717, 1.165) is 28.6 Å². The lowest BCUT2D eigenvalue weighted by atomic mass is 10.1. The molecule has 4 rings (SSSR count). The Balaban J connectivity index is 1.71. The fraction of sp³-hybridized carbons (Fsp3) is 0.167. The van der Waals surface area contributed by atoms with Crippen molar-refractivity contribution in [2.45, 2.75) is 13.1 Å². The fourth-order valence-corrected chi connectivity index (χ4v) is 3.29. The second-order valence-electron chi connectivity index (χ2n) is 6.01. The molecule has 1 N–H and O–H groups in total. The summed E-state index contributed by atoms with van der Waals surface area (Å²) >= 11 is 1.31. The van der Waals surface area contributed by atoms with Crippen LogP contribution in [0.5, 0.6) is 5.88 Å². The minimum atomic E-state index is -4.60. The minimum absolute atomic E-state index is 0.0222. The third kappa shape index (κ3) is 3.68. The first-order chi connectivity index (χ1) is 13.9. The van der Waals surface area contributed by atoms with Crippen molar-refractivity contribution in [3.8, 4) is 17.1 Å². The molecule has 0 aliphatic carbocycles. The van der Waals surface area contributed by atoms with E-state index >= 15 is 0 Å². The van der Waals surface area contributed by atoms with Crippen molar-refractivity contribution < 1.29 is 17.9 Å². The first-order valence-corrected chi connectivity index (χ1v) is 9.07. The molecule has 0 bridgehead atoms. The van der Waals surface area contributed by atoms with Gasteiger partial charge in [0.1, 0.15) is 11.3 Å². The van der Waals surface area contributed by atoms with Gasteiger partial charge < -0.3 is 10.1 Å². The van der Waals surface area contributed by atoms with E-state index in [9.17, 15) is 13.2 Å². The summed E-state index contributed by atoms with van der Waals surface area (Å²) in [4.78, 5) is 12.9. The van der Waals surface area contributed by atoms with E-state index in [-0.39, 0.29) is 5.95 Å². The number of hydrogen-bond acceptors (Lipinski definition) is 8. The number of benzene rings is 1. The van der Waals surface area contributed by atoms with E-state index in [1.807, 2.05) is 25.1 Å². The van der Waals surface area contributed by atoms with Crippen LogP contribution < -0.4 is 10.1 Å². The number of methoxy groups -OCH3 is 1. The Hall–Kier alpha value is -3.34. The Kier molecular flexibility index (Phi) is 4.74. The Bertz CT molecular complexity index is 1190. The number of aromatic nitrogens is 5. The van der Waals surface area contributed by atoms with Crippen LogP contribution in [0.25, 0.3) is 22.2 Å². The largest absolute Gasteiger partial charge is 0.480 e. The summed E-state index contributed by atoms with van der Waals surface area (Å²) in [6.45, 7) is 1.94. The maximum atomic E-state index is 13.0. The molecule has 0 saturated heterocycles. The van der Waals surface area contributed by atoms with Crippen LogP contribution in [0.4, 0.5) is 24.8 Å². The zero-order valence-electron chi connectivity index (χ0n) is 15.2. The number of halogens is 3. The molecular weight excluding hydrogens is 405 g/mol. The second kappa shape index (κ2) is 7.24. The quantitative estimate of drug-likeness (QED) is 0.517. The molecule has 0 aliphatic heterocycles. The van der Waals surface area contributed by atoms with Crippen molar-refractivity contribution in [2.24, 2.45) is 0 Å². The van der Waals surface area contributed by atoms with E-state index in [0.29, 0.717) is 17.4 Å². The van der Waals surface area contributed by atoms with E-state index in [2.05, 4.69) is 29.9 Å². The lowest BCUT2D eigenvalue weighted by Crippen LogP contribution is -2.11. The molecule has 4 aromatic rings. The highest BCUT2D eigenvalue weighted by atomic mass is 32.1. The first kappa shape index (κ1) is 19.0. The van der Waals surface area contributed by atoms with Gasteiger partial charge in [0.05, 0.1) is 23.2 Å². The molecule has 3 heterocycles. The summed E-state index contributed by atoms with van der Waals surface area (Å²) in [6.07, 6.45) is -2.33. The Morgan fingerprint density at radius 1 is 1.14 bits per heavy atom. The highest BCUT2D eigenvalue weighted by Gasteiger charge is 2.36. The smallest absolute Gasteiger partial charge is 0.423 e. The number of hydrogen-bond donors (Lipinski definition) is 1. The van der Waals surface area contributed by atoms with Gasteiger partial charge in [-0.2, -0.15) is 18.2 Å². The Morgan fingerprint density at radius 2 is 1.97 bits per heavy atom. The van der Waals surface area contributed by atoms with E-state index < -0.39 is 17.6 Å². The highest BCUT2D eigenvalue weighted by Crippen LogP contribution is 2.35. The molecule has 0 spiro atoms. The van der Waals surface area contributed by atoms with Crippen molar-refractivity contribution >= 4 is 34.1 Å². The molecule has 3 aromatic heterocycles. The van der Waals surface area contributed by atoms with Crippen LogP contribution in [0.15, 0.2) is 36.7 Å². The number of ether oxygens (including phenoxy) is 1. The summed E-state index contributed by atoms with van der Waals surface area (Å²) in [7, 11) is 1.13. The molecule has 0 unspecified atom stereocenters. The molecule has 0 amide bonds. The van der Waals surface area contributed by atoms with Gasteiger partial charge in [0.15, 0.2) is 0 Å². The monoisotopic (exact) mass is 418 g/mol. The molecule has 0 radical (unpaired) electrons. The molecule has 148 valence electrons. The van der Waals surface area contributed by atoms with E-state index in [1.165, 1.54) is 11.5 Å². The topological polar surface area (TPSA) is 85.7 Å². The predicted molar refractivity (Wildman–Crippen MR) is 102 cm³/mol. The Morgan fingerprint density at radius 3 is 2.66 bits per heavy atom. The van der Waals surface area contributed by atoms with Gasteiger partial charge in [-0.25, -0.2) is 4.98 Å². The SMILES string of the molecule is COc1nc(Nc2ccnc3cc(-c4nnsc4C)ccc23)ncc1C(F)(F)F. The van der Waals surface area contributed by atoms with Gasteiger partial charge in [0.25, 0.3) is 0 Å². The van der Waals surface area contributed by atoms with Gasteiger partial charge in [-0.1, -0.05) is 16.6 Å². The summed E-state index contributed by atoms with van der Waals surface area (Å²) < 4.78 is 47.7. The van der Waals surface area contributed by atoms with Gasteiger partial charge in [-0.3, -0.25) is 4.98 Å². The molecule has 29 heavy (non-hydrogen) atoms. The number of fused-ring (bicyclic) bond motifs is 1. The van der Waals surface area contributed by atoms with Crippen molar-refractivity contribution in [2.75, 3.05) is 12.4 Å². The normalized spacial score (nSPS) is 11.6. The van der Waals surface area contributed by atoms with Crippen LogP contribution in [0, 0.1) is 6.92 Å². The van der Waals surface area contributed by atoms with Gasteiger partial charge in [0.2, 0.25) is 11.8 Å². The van der Waals surface area contributed by atoms with Crippen LogP contribution in [0.2, 0.25) is 0 Å². The molecule has 0 atom stereocenters. The third-order valence-corrected chi connectivity index (χ3v) is 4.80. The molecular formula is C18H13F3N6OS. The van der Waals surface area contributed by atoms with Crippen molar-refractivity contribution in [1.29, 1.82) is 0 Å². The summed E-state index contributed by atoms with van der Waals surface area (Å²) in [5, 5.41) is 7.81. The predicted octanol–water partition coefficient (Wildman–Crippen LogP) is 4.62. The molecule has 0 fully saturated rings. The third-order valence-electron chi connectivity index (χ3n) is 4.17. The average Bonchev–Trinajstić information content (AvgIpc) is 3.12. The van der Waals surface area contributed by atoms with Crippen molar-refractivity contribution in [3.05, 3.63) is 47.1 Å². The van der Waals surface area contributed by atoms with Crippen LogP contribution in [-0.4, -0.2) is 31.6 Å². The van der Waals surface area contributed by atoms with Gasteiger partial charge in [0, 0.05) is 23.3 Å². The lowest BCUT2D eigenvalue weighted by molar-refractivity contribution is -0.139. The van der Waals surface area contributed by atoms with Gasteiger partial charge >= 0.3 is 6.18 Å². The molecule has 11 heteroatoms. The van der Waals surface area contributed by atoms with Crippen molar-refractivity contribution in [1.82, 2.24) is 24.5 Å². The number of anilines is 2. The van der Waals surface area contributed by atoms with Crippen LogP contribution >= 0.6 is 11.5 Å². The van der Waals surface area contributed by atoms with Crippen molar-refractivity contribution in [3.63, 3.8) is 0 Å². The zero-order valence-corrected chi connectivity index (χ0v) is 16.0. The Labute approximate surface area is 166 Å². The van der Waals surface area contributed by atoms with E-state index in [4.69, 9.17) is 4.74 Å². The second-order valence-corrected chi connectivity index (χ2v) is 6.97. The maximum absolute atomic E-state index is 13.0. The summed E-state index contributed by atoms with van der Waals surface area (Å²) in [5.74, 6) is -0.576. The first-order valence-electron chi connectivity index (χ1n) is 8.30. The van der Waals surface area contributed by atoms with Crippen LogP contribution in [0.1, 0.15) is 10.4 Å². The van der Waals surface area contributed by atoms with Gasteiger partial charge in [-0.05, 0) is 30.6 Å². The summed E-state index contributed by atoms with van der Waals surface area (Å²) in [6, 6.07) is 7.29. The number of nitrogens with one attached hydrogen (secondary N) is 1. The number of aryl methyl sites for hydroxylation is 1. The minimum Gasteiger partial charge on any atom is -0.480 e. The van der Waals surface area contributed by atoms with E-state index in [1.54, 1.807) is 12.3 Å². The molecule has 1 aromatic carbocycles. The average molecular weight is 418 g/mol. The van der Waals surface area contributed by atoms with Crippen LogP contribution in [0.3, 0.4) is 0 Å². The molecule has 0 aliphatic rings. The zero-order chi connectivity index (χ0) is 20.6. The number of nitrogens with zero attached hydrogens (tertiary/aromatic N) is 5. The number of pyridine rings is 1. The molecule has 0 saturated carbocycles. The molecule has 7 nitrogen and oxygen atoms in total. The van der Waals surface area contributed by atoms with Gasteiger partial charge in [-0.15, -0.1) is 5.10 Å². The summed E-state index contributed by atoms with van der Waals surface area (Å²) in [5.41, 5.74) is 1.89. The maximum Gasteiger partial charge on any atom is 0.423 e. The fourth-order valence-electron chi connectivity index (χ4n) is 2.80.